The van der Waals surface area contributed by atoms with Crippen molar-refractivity contribution in [3.63, 3.8) is 0 Å². The van der Waals surface area contributed by atoms with Crippen LogP contribution in [0.25, 0.3) is 22.3 Å². The summed E-state index contributed by atoms with van der Waals surface area (Å²) in [4.78, 5) is 154. The number of aliphatic hydroxyl groups excluding tert-OH is 1. The second-order valence-electron chi connectivity index (χ2n) is 24.2. The summed E-state index contributed by atoms with van der Waals surface area (Å²) in [5, 5.41) is 37.1. The van der Waals surface area contributed by atoms with Crippen LogP contribution in [-0.4, -0.2) is 138 Å². The number of hydrogen-bond donors (Lipinski definition) is 8. The number of nitrogens with zero attached hydrogens (tertiary/aromatic N) is 4. The smallest absolute Gasteiger partial charge is 0.343 e. The predicted molar refractivity (Wildman–Crippen MR) is 321 cm³/mol. The molecule has 88 heavy (non-hydrogen) atoms. The first-order chi connectivity index (χ1) is 41.9. The molecule has 8 rings (SSSR count). The Morgan fingerprint density at radius 3 is 2.25 bits per heavy atom. The van der Waals surface area contributed by atoms with E-state index >= 15 is 0 Å². The zero-order valence-electron chi connectivity index (χ0n) is 50.1. The first-order valence-electron chi connectivity index (χ1n) is 30.6. The number of ether oxygens (including phenoxy) is 2. The van der Waals surface area contributed by atoms with E-state index in [0.29, 0.717) is 74.1 Å². The van der Waals surface area contributed by atoms with E-state index in [0.717, 1.165) is 41.1 Å². The van der Waals surface area contributed by atoms with Gasteiger partial charge in [0.2, 0.25) is 29.5 Å². The molecule has 5 amide bonds. The summed E-state index contributed by atoms with van der Waals surface area (Å²) in [5.74, 6) is -9.46. The summed E-state index contributed by atoms with van der Waals surface area (Å²) < 4.78 is 12.8. The molecule has 2 aliphatic carbocycles. The van der Waals surface area contributed by atoms with Crippen LogP contribution in [0.3, 0.4) is 0 Å². The number of cyclic esters (lactones) is 1. The molecule has 5 aliphatic rings. The SMILES string of the molecule is CCc1c2c(nc3ccc(OC(=O)C4CCC(CNC(=O)C5CCC(CN6C(=O)CC(SCC(CC(=O)C(CCCN=C(N)N)NC(=O)C(CO)CC(=O)C(C)CCC(N)=O)C(=O)O)C6=O)CC5)CC4)cc13)-c1cc3c(c(=O)n1C2)COC(=O)[C@]3(O)CC. The minimum absolute atomic E-state index is 0.00801. The number of primary amides is 1. The van der Waals surface area contributed by atoms with Gasteiger partial charge < -0.3 is 57.2 Å². The minimum Gasteiger partial charge on any atom is -0.481 e. The molecule has 6 atom stereocenters. The number of aliphatic imine (C=N–C) groups is 1. The van der Waals surface area contributed by atoms with E-state index in [1.165, 1.54) is 4.90 Å². The normalized spacial score (nSPS) is 22.7. The van der Waals surface area contributed by atoms with Crippen LogP contribution in [0.15, 0.2) is 34.1 Å². The van der Waals surface area contributed by atoms with Gasteiger partial charge in [0.1, 0.15) is 18.1 Å². The number of Topliss-reactive ketones (excluding diaryl/α,β-unsaturated/α-hetero) is 2. The molecule has 0 radical (unpaired) electrons. The van der Waals surface area contributed by atoms with E-state index in [2.05, 4.69) is 15.6 Å². The molecular weight excluding hydrogens is 1160 g/mol. The van der Waals surface area contributed by atoms with Crippen LogP contribution in [0, 0.1) is 41.4 Å². The fourth-order valence-corrected chi connectivity index (χ4v) is 14.0. The Labute approximate surface area is 513 Å². The van der Waals surface area contributed by atoms with Crippen LogP contribution in [0.5, 0.6) is 5.75 Å². The number of benzene rings is 1. The zero-order chi connectivity index (χ0) is 63.7. The van der Waals surface area contributed by atoms with Crippen LogP contribution >= 0.6 is 11.8 Å². The molecule has 26 heteroatoms. The zero-order valence-corrected chi connectivity index (χ0v) is 50.9. The number of carboxylic acids is 1. The van der Waals surface area contributed by atoms with E-state index in [-0.39, 0.29) is 135 Å². The van der Waals surface area contributed by atoms with Gasteiger partial charge in [-0.15, -0.1) is 11.8 Å². The number of aryl methyl sites for hydroxylation is 1. The monoisotopic (exact) mass is 1240 g/mol. The summed E-state index contributed by atoms with van der Waals surface area (Å²) in [6, 6.07) is 5.73. The molecule has 3 fully saturated rings. The number of aromatic nitrogens is 2. The van der Waals surface area contributed by atoms with Crippen LogP contribution in [-0.2, 0) is 77.9 Å². The number of imide groups is 1. The minimum atomic E-state index is -1.94. The van der Waals surface area contributed by atoms with E-state index < -0.39 is 94.8 Å². The number of carboxylic acid groups (broad SMARTS) is 1. The van der Waals surface area contributed by atoms with Crippen molar-refractivity contribution in [3.8, 4) is 17.1 Å². The number of pyridine rings is 2. The van der Waals surface area contributed by atoms with Gasteiger partial charge >= 0.3 is 17.9 Å². The van der Waals surface area contributed by atoms with E-state index in [1.54, 1.807) is 36.6 Å². The highest BCUT2D eigenvalue weighted by Crippen LogP contribution is 2.42. The number of ketones is 2. The van der Waals surface area contributed by atoms with Crippen LogP contribution in [0.4, 0.5) is 0 Å². The van der Waals surface area contributed by atoms with Gasteiger partial charge in [-0.3, -0.25) is 57.8 Å². The van der Waals surface area contributed by atoms with Crippen molar-refractivity contribution in [1.82, 2.24) is 25.1 Å². The third-order valence-corrected chi connectivity index (χ3v) is 19.7. The highest BCUT2D eigenvalue weighted by molar-refractivity contribution is 8.00. The predicted octanol–water partition coefficient (Wildman–Crippen LogP) is 2.80. The average molecular weight is 1240 g/mol. The molecule has 2 saturated carbocycles. The van der Waals surface area contributed by atoms with Crippen molar-refractivity contribution >= 4 is 87.6 Å². The third-order valence-electron chi connectivity index (χ3n) is 18.3. The van der Waals surface area contributed by atoms with Crippen molar-refractivity contribution in [2.75, 3.05) is 32.0 Å². The lowest BCUT2D eigenvalue weighted by Crippen LogP contribution is -2.46. The standard InChI is InChI=1S/C62H81N9O16S/c1-4-40-41-23-39(17-18-45(41)68-53-42(40)28-70-47(53)24-44-43(56(70)79)30-86-60(84)62(44,85)5-2)87-59(83)36-15-9-33(10-16-36)26-67-54(77)35-13-11-34(12-14-35)27-71-52(76)25-50(57(71)80)88-31-38(58(81)82)22-49(74)46(7-6-20-66-61(64)65)69-55(78)37(29-72)21-48(73)32(3)8-19-51(63)75/h17-18,23-24,32-38,46,50,72,85H,4-16,19-22,25-31H2,1-3H3,(H2,63,75)(H,67,77)(H,69,78)(H,81,82)(H4,64,65,66)/t32?,33?,34?,35?,36?,37?,38?,46?,50?,62-/m0/s1. The Morgan fingerprint density at radius 2 is 1.59 bits per heavy atom. The number of aliphatic carboxylic acids is 1. The number of nitrogens with one attached hydrogen (secondary N) is 2. The fourth-order valence-electron chi connectivity index (χ4n) is 12.8. The van der Waals surface area contributed by atoms with Crippen LogP contribution < -0.4 is 38.1 Å². The summed E-state index contributed by atoms with van der Waals surface area (Å²) >= 11 is 0.967. The van der Waals surface area contributed by atoms with Crippen LogP contribution in [0.1, 0.15) is 146 Å². The molecule has 2 aromatic heterocycles. The van der Waals surface area contributed by atoms with Crippen molar-refractivity contribution in [2.24, 2.45) is 63.6 Å². The first-order valence-corrected chi connectivity index (χ1v) is 31.6. The number of amides is 5. The molecule has 3 aliphatic heterocycles. The topological polar surface area (TPSA) is 402 Å². The lowest BCUT2D eigenvalue weighted by molar-refractivity contribution is -0.172. The van der Waals surface area contributed by atoms with E-state index in [1.807, 2.05) is 13.0 Å². The average Bonchev–Trinajstić information content (AvgIpc) is 1.89. The van der Waals surface area contributed by atoms with Gasteiger partial charge in [-0.05, 0) is 125 Å². The maximum atomic E-state index is 13.8. The highest BCUT2D eigenvalue weighted by Gasteiger charge is 2.46. The molecule has 476 valence electrons. The van der Waals surface area contributed by atoms with Crippen molar-refractivity contribution in [3.05, 3.63) is 56.9 Å². The number of thioether (sulfide) groups is 1. The van der Waals surface area contributed by atoms with E-state index in [9.17, 15) is 68.1 Å². The maximum absolute atomic E-state index is 13.8. The fraction of sp³-hybridized carbons (Fsp3) is 0.597. The Bertz CT molecular complexity index is 3310. The van der Waals surface area contributed by atoms with Gasteiger partial charge in [0.25, 0.3) is 5.56 Å². The summed E-state index contributed by atoms with van der Waals surface area (Å²) in [6.07, 6.45) is 4.82. The number of fused-ring (bicyclic) bond motifs is 5. The Hall–Kier alpha value is -7.58. The van der Waals surface area contributed by atoms with Crippen molar-refractivity contribution < 1.29 is 72.7 Å². The lowest BCUT2D eigenvalue weighted by atomic mass is 9.80. The number of likely N-dealkylation sites (tertiary alicyclic amines) is 1. The molecule has 0 spiro atoms. The number of esters is 2. The molecule has 5 unspecified atom stereocenters. The Kier molecular flexibility index (Phi) is 22.0. The summed E-state index contributed by atoms with van der Waals surface area (Å²) in [6.45, 7) is 5.24. The number of guanidine groups is 1. The van der Waals surface area contributed by atoms with Crippen molar-refractivity contribution in [1.29, 1.82) is 0 Å². The molecule has 11 N–H and O–H groups in total. The van der Waals surface area contributed by atoms with Crippen LogP contribution in [0.2, 0.25) is 0 Å². The number of nitrogens with two attached hydrogens (primary N) is 3. The second kappa shape index (κ2) is 29.2. The van der Waals surface area contributed by atoms with Gasteiger partial charge in [-0.2, -0.15) is 0 Å². The number of carbonyl (C=O) groups excluding carboxylic acids is 9. The number of rotatable bonds is 29. The Morgan fingerprint density at radius 1 is 0.898 bits per heavy atom. The lowest BCUT2D eigenvalue weighted by Gasteiger charge is -2.31. The quantitative estimate of drug-likeness (QED) is 0.00967. The maximum Gasteiger partial charge on any atom is 0.343 e. The number of aliphatic hydroxyl groups is 2. The third kappa shape index (κ3) is 15.3. The van der Waals surface area contributed by atoms with E-state index in [4.69, 9.17) is 31.7 Å². The number of hydrogen-bond acceptors (Lipinski definition) is 18. The molecule has 1 saturated heterocycles. The highest BCUT2D eigenvalue weighted by atomic mass is 32.2. The molecular formula is C62H81N9O16S. The summed E-state index contributed by atoms with van der Waals surface area (Å²) in [5.41, 5.74) is 17.8. The molecule has 5 heterocycles. The summed E-state index contributed by atoms with van der Waals surface area (Å²) in [7, 11) is 0. The molecule has 1 aromatic carbocycles. The largest absolute Gasteiger partial charge is 0.481 e. The number of carbonyl (C=O) groups is 10. The molecule has 3 aromatic rings. The Balaban J connectivity index is 0.763. The van der Waals surface area contributed by atoms with Crippen molar-refractivity contribution in [2.45, 2.75) is 160 Å². The van der Waals surface area contributed by atoms with Gasteiger partial charge in [-0.1, -0.05) is 20.8 Å². The second-order valence-corrected chi connectivity index (χ2v) is 25.4. The van der Waals surface area contributed by atoms with Gasteiger partial charge in [0, 0.05) is 79.4 Å². The van der Waals surface area contributed by atoms with Gasteiger partial charge in [0.15, 0.2) is 17.3 Å². The molecule has 0 bridgehead atoms. The van der Waals surface area contributed by atoms with Gasteiger partial charge in [-0.25, -0.2) is 9.78 Å². The first kappa shape index (κ1) is 66.4. The van der Waals surface area contributed by atoms with Gasteiger partial charge in [0.05, 0.1) is 64.7 Å². The molecule has 25 nitrogen and oxygen atoms in total.